The summed E-state index contributed by atoms with van der Waals surface area (Å²) in [6, 6.07) is 7.51. The van der Waals surface area contributed by atoms with Crippen molar-refractivity contribution in [2.24, 2.45) is 0 Å². The molecule has 3 heteroatoms. The fourth-order valence-corrected chi connectivity index (χ4v) is 3.75. The van der Waals surface area contributed by atoms with Gasteiger partial charge in [-0.15, -0.1) is 0 Å². The second-order valence-corrected chi connectivity index (χ2v) is 6.51. The zero-order valence-electron chi connectivity index (χ0n) is 13.7. The van der Waals surface area contributed by atoms with Crippen LogP contribution in [0.4, 0.5) is 4.39 Å². The Morgan fingerprint density at radius 2 is 1.90 bits per heavy atom. The molecule has 1 saturated carbocycles. The van der Waals surface area contributed by atoms with Crippen molar-refractivity contribution >= 4 is 0 Å². The van der Waals surface area contributed by atoms with E-state index in [-0.39, 0.29) is 11.4 Å². The van der Waals surface area contributed by atoms with Crippen LogP contribution in [0.15, 0.2) is 24.3 Å². The Bertz CT molecular complexity index is 439. The molecule has 0 aromatic heterocycles. The zero-order valence-corrected chi connectivity index (χ0v) is 13.7. The average molecular weight is 292 g/mol. The Kier molecular flexibility index (Phi) is 5.77. The molecule has 0 saturated heterocycles. The first-order valence-electron chi connectivity index (χ1n) is 8.24. The van der Waals surface area contributed by atoms with E-state index in [0.29, 0.717) is 6.04 Å². The molecule has 1 aromatic rings. The van der Waals surface area contributed by atoms with Crippen molar-refractivity contribution in [2.75, 3.05) is 20.6 Å². The average Bonchev–Trinajstić information content (AvgIpc) is 2.96. The predicted molar refractivity (Wildman–Crippen MR) is 87.1 cm³/mol. The van der Waals surface area contributed by atoms with Gasteiger partial charge in [0, 0.05) is 11.6 Å². The number of rotatable bonds is 7. The normalized spacial score (nSPS) is 19.1. The highest BCUT2D eigenvalue weighted by Gasteiger charge is 2.42. The predicted octanol–water partition coefficient (Wildman–Crippen LogP) is 3.61. The van der Waals surface area contributed by atoms with Gasteiger partial charge in [-0.1, -0.05) is 38.0 Å². The first kappa shape index (κ1) is 16.4. The summed E-state index contributed by atoms with van der Waals surface area (Å²) in [6.07, 6.45) is 6.84. The molecule has 0 heterocycles. The molecular formula is C18H29FN2. The van der Waals surface area contributed by atoms with Gasteiger partial charge in [0.15, 0.2) is 0 Å². The van der Waals surface area contributed by atoms with Crippen molar-refractivity contribution in [1.29, 1.82) is 0 Å². The first-order chi connectivity index (χ1) is 10.1. The Morgan fingerprint density at radius 1 is 1.24 bits per heavy atom. The number of hydrogen-bond donors (Lipinski definition) is 1. The SMILES string of the molecule is CCCNC(Cc1ccccc1F)C1(N(C)C)CCCC1. The van der Waals surface area contributed by atoms with Gasteiger partial charge in [0.1, 0.15) is 5.82 Å². The van der Waals surface area contributed by atoms with Gasteiger partial charge in [-0.3, -0.25) is 0 Å². The Balaban J connectivity index is 2.23. The van der Waals surface area contributed by atoms with Crippen LogP contribution in [-0.4, -0.2) is 37.1 Å². The standard InChI is InChI=1S/C18H29FN2/c1-4-13-20-17(14-15-9-5-6-10-16(15)19)18(21(2)3)11-7-8-12-18/h5-6,9-10,17,20H,4,7-8,11-14H2,1-3H3. The highest BCUT2D eigenvalue weighted by Crippen LogP contribution is 2.38. The number of likely N-dealkylation sites (N-methyl/N-ethyl adjacent to an activating group) is 1. The van der Waals surface area contributed by atoms with Crippen LogP contribution in [0.3, 0.4) is 0 Å². The molecule has 0 bridgehead atoms. The van der Waals surface area contributed by atoms with Crippen LogP contribution in [0.2, 0.25) is 0 Å². The topological polar surface area (TPSA) is 15.3 Å². The summed E-state index contributed by atoms with van der Waals surface area (Å²) in [5, 5.41) is 3.70. The van der Waals surface area contributed by atoms with E-state index in [4.69, 9.17) is 0 Å². The second kappa shape index (κ2) is 7.37. The van der Waals surface area contributed by atoms with Gasteiger partial charge in [0.25, 0.3) is 0 Å². The highest BCUT2D eigenvalue weighted by atomic mass is 19.1. The molecule has 118 valence electrons. The van der Waals surface area contributed by atoms with E-state index in [9.17, 15) is 4.39 Å². The third-order valence-electron chi connectivity index (χ3n) is 5.03. The Labute approximate surface area is 128 Å². The minimum atomic E-state index is -0.0762. The van der Waals surface area contributed by atoms with Crippen LogP contribution in [0.5, 0.6) is 0 Å². The molecular weight excluding hydrogens is 263 g/mol. The summed E-state index contributed by atoms with van der Waals surface area (Å²) >= 11 is 0. The minimum absolute atomic E-state index is 0.0762. The Morgan fingerprint density at radius 3 is 2.48 bits per heavy atom. The van der Waals surface area contributed by atoms with Crippen LogP contribution in [0.1, 0.15) is 44.6 Å². The van der Waals surface area contributed by atoms with Gasteiger partial charge in [-0.25, -0.2) is 4.39 Å². The maximum Gasteiger partial charge on any atom is 0.126 e. The maximum absolute atomic E-state index is 14.0. The molecule has 1 fully saturated rings. The molecule has 2 rings (SSSR count). The molecule has 1 aliphatic rings. The van der Waals surface area contributed by atoms with Crippen LogP contribution >= 0.6 is 0 Å². The molecule has 2 nitrogen and oxygen atoms in total. The van der Waals surface area contributed by atoms with Crippen LogP contribution in [0.25, 0.3) is 0 Å². The zero-order chi connectivity index (χ0) is 15.3. The van der Waals surface area contributed by atoms with Gasteiger partial charge in [-0.05, 0) is 58.0 Å². The van der Waals surface area contributed by atoms with E-state index < -0.39 is 0 Å². The van der Waals surface area contributed by atoms with Crippen LogP contribution < -0.4 is 5.32 Å². The van der Waals surface area contributed by atoms with Crippen molar-refractivity contribution < 1.29 is 4.39 Å². The summed E-state index contributed by atoms with van der Waals surface area (Å²) in [7, 11) is 4.35. The fourth-order valence-electron chi connectivity index (χ4n) is 3.75. The molecule has 0 spiro atoms. The minimum Gasteiger partial charge on any atom is -0.312 e. The Hall–Kier alpha value is -0.930. The number of nitrogens with zero attached hydrogens (tertiary/aromatic N) is 1. The van der Waals surface area contributed by atoms with E-state index in [2.05, 4.69) is 31.2 Å². The number of halogens is 1. The molecule has 1 atom stereocenters. The largest absolute Gasteiger partial charge is 0.312 e. The highest BCUT2D eigenvalue weighted by molar-refractivity contribution is 5.20. The summed E-state index contributed by atoms with van der Waals surface area (Å²) in [5.41, 5.74) is 0.997. The van der Waals surface area contributed by atoms with Crippen molar-refractivity contribution in [2.45, 2.75) is 57.0 Å². The van der Waals surface area contributed by atoms with E-state index >= 15 is 0 Å². The summed E-state index contributed by atoms with van der Waals surface area (Å²) in [5.74, 6) is -0.0762. The lowest BCUT2D eigenvalue weighted by molar-refractivity contribution is 0.104. The van der Waals surface area contributed by atoms with Gasteiger partial charge in [0.05, 0.1) is 0 Å². The van der Waals surface area contributed by atoms with Crippen LogP contribution in [0, 0.1) is 5.82 Å². The smallest absolute Gasteiger partial charge is 0.126 e. The van der Waals surface area contributed by atoms with E-state index in [1.165, 1.54) is 25.7 Å². The van der Waals surface area contributed by atoms with Crippen molar-refractivity contribution in [1.82, 2.24) is 10.2 Å². The summed E-state index contributed by atoms with van der Waals surface area (Å²) in [4.78, 5) is 2.37. The monoisotopic (exact) mass is 292 g/mol. The van der Waals surface area contributed by atoms with Crippen LogP contribution in [-0.2, 0) is 6.42 Å². The van der Waals surface area contributed by atoms with Gasteiger partial charge < -0.3 is 10.2 Å². The van der Waals surface area contributed by atoms with Crippen molar-refractivity contribution in [3.05, 3.63) is 35.6 Å². The molecule has 0 aliphatic heterocycles. The third-order valence-corrected chi connectivity index (χ3v) is 5.03. The first-order valence-corrected chi connectivity index (χ1v) is 8.24. The summed E-state index contributed by atoms with van der Waals surface area (Å²) in [6.45, 7) is 3.18. The molecule has 1 N–H and O–H groups in total. The lowest BCUT2D eigenvalue weighted by atomic mass is 9.83. The number of benzene rings is 1. The second-order valence-electron chi connectivity index (χ2n) is 6.51. The van der Waals surface area contributed by atoms with Crippen molar-refractivity contribution in [3.8, 4) is 0 Å². The number of nitrogens with one attached hydrogen (secondary N) is 1. The maximum atomic E-state index is 14.0. The molecule has 0 radical (unpaired) electrons. The molecule has 0 amide bonds. The van der Waals surface area contributed by atoms with Gasteiger partial charge in [-0.2, -0.15) is 0 Å². The molecule has 1 aromatic carbocycles. The quantitative estimate of drug-likeness (QED) is 0.826. The molecule has 21 heavy (non-hydrogen) atoms. The lowest BCUT2D eigenvalue weighted by Crippen LogP contribution is -2.58. The third kappa shape index (κ3) is 3.64. The molecule has 1 unspecified atom stereocenters. The van der Waals surface area contributed by atoms with Gasteiger partial charge in [0.2, 0.25) is 0 Å². The van der Waals surface area contributed by atoms with Crippen molar-refractivity contribution in [3.63, 3.8) is 0 Å². The van der Waals surface area contributed by atoms with E-state index in [1.807, 2.05) is 12.1 Å². The van der Waals surface area contributed by atoms with E-state index in [1.54, 1.807) is 12.1 Å². The summed E-state index contributed by atoms with van der Waals surface area (Å²) < 4.78 is 14.0. The number of hydrogen-bond acceptors (Lipinski definition) is 2. The van der Waals surface area contributed by atoms with E-state index in [0.717, 1.165) is 24.9 Å². The lowest BCUT2D eigenvalue weighted by Gasteiger charge is -2.44. The molecule has 1 aliphatic carbocycles. The fraction of sp³-hybridized carbons (Fsp3) is 0.667. The van der Waals surface area contributed by atoms with Gasteiger partial charge >= 0.3 is 0 Å².